The molecule has 0 amide bonds. The summed E-state index contributed by atoms with van der Waals surface area (Å²) in [6, 6.07) is 1.90. The standard InChI is InChI=1S/C11H15ClN2O/c1-8(15-11-2-3-13-7-11)9-4-10(12)6-14-5-9/h4-6,8,11,13H,2-3,7H2,1H3/t8-,11-/m0/s1. The lowest BCUT2D eigenvalue weighted by atomic mass is 10.2. The summed E-state index contributed by atoms with van der Waals surface area (Å²) in [6.45, 7) is 4.02. The van der Waals surface area contributed by atoms with E-state index >= 15 is 0 Å². The summed E-state index contributed by atoms with van der Waals surface area (Å²) in [4.78, 5) is 4.05. The SMILES string of the molecule is C[C@H](O[C@H]1CCNC1)c1cncc(Cl)c1. The van der Waals surface area contributed by atoms with Crippen molar-refractivity contribution in [2.75, 3.05) is 13.1 Å². The molecule has 15 heavy (non-hydrogen) atoms. The molecule has 0 aromatic carbocycles. The number of halogens is 1. The number of aromatic nitrogens is 1. The Hall–Kier alpha value is -0.640. The minimum atomic E-state index is 0.0566. The molecule has 0 bridgehead atoms. The van der Waals surface area contributed by atoms with Crippen molar-refractivity contribution in [2.24, 2.45) is 0 Å². The number of nitrogens with one attached hydrogen (secondary N) is 1. The predicted molar refractivity (Wildman–Crippen MR) is 60.0 cm³/mol. The normalized spacial score (nSPS) is 22.9. The molecule has 0 aliphatic carbocycles. The number of hydrogen-bond acceptors (Lipinski definition) is 3. The van der Waals surface area contributed by atoms with Crippen LogP contribution in [0.5, 0.6) is 0 Å². The van der Waals surface area contributed by atoms with E-state index in [0.717, 1.165) is 25.1 Å². The highest BCUT2D eigenvalue weighted by Gasteiger charge is 2.18. The van der Waals surface area contributed by atoms with Crippen LogP contribution in [-0.2, 0) is 4.74 Å². The van der Waals surface area contributed by atoms with Crippen molar-refractivity contribution in [2.45, 2.75) is 25.6 Å². The first-order valence-corrected chi connectivity index (χ1v) is 5.60. The van der Waals surface area contributed by atoms with Gasteiger partial charge in [0.1, 0.15) is 0 Å². The third kappa shape index (κ3) is 2.91. The molecule has 1 aliphatic rings. The predicted octanol–water partition coefficient (Wildman–Crippen LogP) is 2.17. The van der Waals surface area contributed by atoms with Gasteiger partial charge in [-0.3, -0.25) is 4.98 Å². The molecule has 3 nitrogen and oxygen atoms in total. The molecule has 2 atom stereocenters. The summed E-state index contributed by atoms with van der Waals surface area (Å²) in [5, 5.41) is 3.93. The number of nitrogens with zero attached hydrogens (tertiary/aromatic N) is 1. The van der Waals surface area contributed by atoms with Crippen molar-refractivity contribution in [1.29, 1.82) is 0 Å². The number of hydrogen-bond donors (Lipinski definition) is 1. The molecule has 0 unspecified atom stereocenters. The molecule has 4 heteroatoms. The van der Waals surface area contributed by atoms with Gasteiger partial charge in [-0.1, -0.05) is 11.6 Å². The Morgan fingerprint density at radius 2 is 2.47 bits per heavy atom. The smallest absolute Gasteiger partial charge is 0.0816 e. The zero-order valence-electron chi connectivity index (χ0n) is 8.74. The number of pyridine rings is 1. The fraction of sp³-hybridized carbons (Fsp3) is 0.545. The second-order valence-corrected chi connectivity index (χ2v) is 4.27. The van der Waals surface area contributed by atoms with Crippen molar-refractivity contribution in [3.63, 3.8) is 0 Å². The first kappa shape index (κ1) is 10.9. The average Bonchev–Trinajstić information content (AvgIpc) is 2.70. The van der Waals surface area contributed by atoms with Crippen LogP contribution in [0, 0.1) is 0 Å². The van der Waals surface area contributed by atoms with Gasteiger partial charge in [0.05, 0.1) is 17.2 Å². The highest BCUT2D eigenvalue weighted by atomic mass is 35.5. The van der Waals surface area contributed by atoms with E-state index in [9.17, 15) is 0 Å². The van der Waals surface area contributed by atoms with Crippen molar-refractivity contribution in [3.05, 3.63) is 29.0 Å². The fourth-order valence-corrected chi connectivity index (χ4v) is 1.94. The first-order chi connectivity index (χ1) is 7.25. The van der Waals surface area contributed by atoms with Gasteiger partial charge in [0.2, 0.25) is 0 Å². The Morgan fingerprint density at radius 3 is 3.13 bits per heavy atom. The van der Waals surface area contributed by atoms with Crippen LogP contribution < -0.4 is 5.32 Å². The van der Waals surface area contributed by atoms with Crippen LogP contribution >= 0.6 is 11.6 Å². The second kappa shape index (κ2) is 4.92. The molecule has 1 aliphatic heterocycles. The van der Waals surface area contributed by atoms with Crippen molar-refractivity contribution < 1.29 is 4.74 Å². The maximum atomic E-state index is 5.89. The third-order valence-electron chi connectivity index (χ3n) is 2.61. The van der Waals surface area contributed by atoms with Gasteiger partial charge in [-0.25, -0.2) is 0 Å². The largest absolute Gasteiger partial charge is 0.369 e. The van der Waals surface area contributed by atoms with Gasteiger partial charge in [-0.15, -0.1) is 0 Å². The summed E-state index contributed by atoms with van der Waals surface area (Å²) >= 11 is 5.88. The Labute approximate surface area is 94.8 Å². The first-order valence-electron chi connectivity index (χ1n) is 5.22. The van der Waals surface area contributed by atoms with E-state index in [0.29, 0.717) is 11.1 Å². The van der Waals surface area contributed by atoms with E-state index in [1.165, 1.54) is 0 Å². The van der Waals surface area contributed by atoms with E-state index in [4.69, 9.17) is 16.3 Å². The minimum Gasteiger partial charge on any atom is -0.369 e. The van der Waals surface area contributed by atoms with Gasteiger partial charge in [-0.05, 0) is 26.0 Å². The van der Waals surface area contributed by atoms with E-state index in [1.807, 2.05) is 13.0 Å². The van der Waals surface area contributed by atoms with Gasteiger partial charge in [-0.2, -0.15) is 0 Å². The van der Waals surface area contributed by atoms with E-state index < -0.39 is 0 Å². The lowest BCUT2D eigenvalue weighted by molar-refractivity contribution is 0.00812. The van der Waals surface area contributed by atoms with Gasteiger partial charge in [0, 0.05) is 24.5 Å². The average molecular weight is 227 g/mol. The van der Waals surface area contributed by atoms with Crippen LogP contribution in [0.3, 0.4) is 0 Å². The Kier molecular flexibility index (Phi) is 3.57. The van der Waals surface area contributed by atoms with E-state index in [-0.39, 0.29) is 6.10 Å². The second-order valence-electron chi connectivity index (χ2n) is 3.83. The van der Waals surface area contributed by atoms with E-state index in [1.54, 1.807) is 12.4 Å². The molecular weight excluding hydrogens is 212 g/mol. The maximum absolute atomic E-state index is 5.89. The number of ether oxygens (including phenoxy) is 1. The zero-order chi connectivity index (χ0) is 10.7. The van der Waals surface area contributed by atoms with Crippen molar-refractivity contribution in [1.82, 2.24) is 10.3 Å². The summed E-state index contributed by atoms with van der Waals surface area (Å²) in [7, 11) is 0. The van der Waals surface area contributed by atoms with Crippen LogP contribution in [0.25, 0.3) is 0 Å². The molecule has 2 rings (SSSR count). The molecular formula is C11H15ClN2O. The highest BCUT2D eigenvalue weighted by Crippen LogP contribution is 2.22. The molecule has 1 saturated heterocycles. The molecule has 2 heterocycles. The summed E-state index contributed by atoms with van der Waals surface area (Å²) in [6.07, 6.45) is 4.90. The van der Waals surface area contributed by atoms with Gasteiger partial charge < -0.3 is 10.1 Å². The van der Waals surface area contributed by atoms with Crippen LogP contribution in [0.4, 0.5) is 0 Å². The summed E-state index contributed by atoms with van der Waals surface area (Å²) in [5.74, 6) is 0. The highest BCUT2D eigenvalue weighted by molar-refractivity contribution is 6.30. The van der Waals surface area contributed by atoms with Crippen LogP contribution in [-0.4, -0.2) is 24.2 Å². The van der Waals surface area contributed by atoms with Crippen molar-refractivity contribution >= 4 is 11.6 Å². The lowest BCUT2D eigenvalue weighted by Crippen LogP contribution is -2.18. The van der Waals surface area contributed by atoms with Crippen LogP contribution in [0.15, 0.2) is 18.5 Å². The summed E-state index contributed by atoms with van der Waals surface area (Å²) < 4.78 is 5.89. The molecule has 1 N–H and O–H groups in total. The van der Waals surface area contributed by atoms with E-state index in [2.05, 4.69) is 10.3 Å². The molecule has 0 spiro atoms. The van der Waals surface area contributed by atoms with Gasteiger partial charge in [0.25, 0.3) is 0 Å². The maximum Gasteiger partial charge on any atom is 0.0816 e. The zero-order valence-corrected chi connectivity index (χ0v) is 9.50. The molecule has 1 fully saturated rings. The van der Waals surface area contributed by atoms with Gasteiger partial charge in [0.15, 0.2) is 0 Å². The molecule has 1 aromatic heterocycles. The molecule has 1 aromatic rings. The molecule has 82 valence electrons. The molecule has 0 radical (unpaired) electrons. The quantitative estimate of drug-likeness (QED) is 0.858. The topological polar surface area (TPSA) is 34.1 Å². The Bertz CT molecular complexity index is 326. The lowest BCUT2D eigenvalue weighted by Gasteiger charge is -2.17. The monoisotopic (exact) mass is 226 g/mol. The fourth-order valence-electron chi connectivity index (χ4n) is 1.76. The number of rotatable bonds is 3. The van der Waals surface area contributed by atoms with Crippen molar-refractivity contribution in [3.8, 4) is 0 Å². The van der Waals surface area contributed by atoms with Gasteiger partial charge >= 0.3 is 0 Å². The van der Waals surface area contributed by atoms with Crippen LogP contribution in [0.1, 0.15) is 25.0 Å². The summed E-state index contributed by atoms with van der Waals surface area (Å²) in [5.41, 5.74) is 1.04. The molecule has 0 saturated carbocycles. The Morgan fingerprint density at radius 1 is 1.60 bits per heavy atom. The van der Waals surface area contributed by atoms with Crippen LogP contribution in [0.2, 0.25) is 5.02 Å². The minimum absolute atomic E-state index is 0.0566. The third-order valence-corrected chi connectivity index (χ3v) is 2.81. The Balaban J connectivity index is 1.97.